The molecule has 3 aliphatic rings. The van der Waals surface area contributed by atoms with E-state index in [1.165, 1.54) is 18.4 Å². The molecule has 0 saturated carbocycles. The number of rotatable bonds is 7. The van der Waals surface area contributed by atoms with Crippen LogP contribution < -0.4 is 4.74 Å². The Morgan fingerprint density at radius 1 is 1.31 bits per heavy atom. The Morgan fingerprint density at radius 3 is 2.97 bits per heavy atom. The summed E-state index contributed by atoms with van der Waals surface area (Å²) in [6.45, 7) is 4.95. The van der Waals surface area contributed by atoms with Crippen molar-refractivity contribution >= 4 is 0 Å². The van der Waals surface area contributed by atoms with E-state index >= 15 is 0 Å². The maximum absolute atomic E-state index is 6.59. The van der Waals surface area contributed by atoms with E-state index in [0.717, 1.165) is 37.5 Å². The minimum absolute atomic E-state index is 0.0986. The van der Waals surface area contributed by atoms with Crippen molar-refractivity contribution < 1.29 is 9.47 Å². The monoisotopic (exact) mass is 397 g/mol. The maximum Gasteiger partial charge on any atom is 0.137 e. The number of methoxy groups -OCH3 is 1. The van der Waals surface area contributed by atoms with E-state index in [0.29, 0.717) is 24.5 Å². The predicted octanol–water partition coefficient (Wildman–Crippen LogP) is 1.88. The molecule has 2 aromatic rings. The molecule has 3 aliphatic heterocycles. The van der Waals surface area contributed by atoms with Gasteiger partial charge in [0.1, 0.15) is 18.4 Å². The van der Waals surface area contributed by atoms with Gasteiger partial charge < -0.3 is 14.4 Å². The molecule has 1 aromatic heterocycles. The summed E-state index contributed by atoms with van der Waals surface area (Å²) in [5, 5.41) is 4.23. The van der Waals surface area contributed by atoms with Crippen molar-refractivity contribution in [2.45, 2.75) is 37.6 Å². The standard InChI is InChI=1S/C22H31N5O2/c1-25(2)11-18-19-12-26(13-22(19)7-6-21(18)29-22)9-16-4-5-20(28-3)17(8-16)10-27-15-23-14-24-27/h4-5,8,14-15,18-19,21H,6-7,9-13H2,1-3H3/t18-,19+,21+,22+/m0/s1. The summed E-state index contributed by atoms with van der Waals surface area (Å²) in [6.07, 6.45) is 6.24. The molecule has 29 heavy (non-hydrogen) atoms. The van der Waals surface area contributed by atoms with Gasteiger partial charge in [-0.05, 0) is 44.6 Å². The lowest BCUT2D eigenvalue weighted by atomic mass is 9.73. The molecule has 2 bridgehead atoms. The molecule has 7 heteroatoms. The summed E-state index contributed by atoms with van der Waals surface area (Å²) in [5.74, 6) is 2.23. The van der Waals surface area contributed by atoms with Gasteiger partial charge in [0.25, 0.3) is 0 Å². The van der Waals surface area contributed by atoms with Crippen molar-refractivity contribution in [1.82, 2.24) is 24.6 Å². The molecule has 156 valence electrons. The first-order valence-electron chi connectivity index (χ1n) is 10.6. The number of aromatic nitrogens is 3. The number of nitrogens with zero attached hydrogens (tertiary/aromatic N) is 5. The van der Waals surface area contributed by atoms with Crippen LogP contribution in [0.15, 0.2) is 30.9 Å². The predicted molar refractivity (Wildman–Crippen MR) is 110 cm³/mol. The molecule has 4 atom stereocenters. The molecular formula is C22H31N5O2. The van der Waals surface area contributed by atoms with Crippen LogP contribution in [0.3, 0.4) is 0 Å². The minimum atomic E-state index is 0.0986. The van der Waals surface area contributed by atoms with Crippen LogP contribution >= 0.6 is 0 Å². The summed E-state index contributed by atoms with van der Waals surface area (Å²) < 4.78 is 14.0. The van der Waals surface area contributed by atoms with E-state index in [-0.39, 0.29) is 5.60 Å². The average molecular weight is 398 g/mol. The van der Waals surface area contributed by atoms with Crippen molar-refractivity contribution in [3.63, 3.8) is 0 Å². The SMILES string of the molecule is COc1ccc(CN2C[C@@H]3[C@H](CN(C)C)[C@H]4CC[C@]3(C2)O4)cc1Cn1cncn1. The van der Waals surface area contributed by atoms with Crippen LogP contribution in [0, 0.1) is 11.8 Å². The Balaban J connectivity index is 1.31. The first kappa shape index (κ1) is 19.0. The van der Waals surface area contributed by atoms with Gasteiger partial charge in [-0.25, -0.2) is 9.67 Å². The Bertz CT molecular complexity index is 855. The molecular weight excluding hydrogens is 366 g/mol. The third kappa shape index (κ3) is 3.45. The van der Waals surface area contributed by atoms with Crippen LogP contribution in [0.4, 0.5) is 0 Å². The van der Waals surface area contributed by atoms with Gasteiger partial charge >= 0.3 is 0 Å². The van der Waals surface area contributed by atoms with Gasteiger partial charge in [-0.1, -0.05) is 6.07 Å². The molecule has 1 spiro atoms. The Morgan fingerprint density at radius 2 is 2.21 bits per heavy atom. The molecule has 0 N–H and O–H groups in total. The van der Waals surface area contributed by atoms with Gasteiger partial charge in [0, 0.05) is 43.6 Å². The zero-order valence-electron chi connectivity index (χ0n) is 17.6. The second-order valence-corrected chi connectivity index (χ2v) is 9.20. The Labute approximate surface area is 172 Å². The van der Waals surface area contributed by atoms with E-state index in [1.807, 2.05) is 4.68 Å². The highest BCUT2D eigenvalue weighted by atomic mass is 16.5. The molecule has 1 aromatic carbocycles. The fourth-order valence-electron chi connectivity index (χ4n) is 5.87. The number of fused-ring (bicyclic) bond motifs is 1. The van der Waals surface area contributed by atoms with Crippen molar-refractivity contribution in [1.29, 1.82) is 0 Å². The first-order chi connectivity index (χ1) is 14.1. The molecule has 0 radical (unpaired) electrons. The molecule has 7 nitrogen and oxygen atoms in total. The topological polar surface area (TPSA) is 55.7 Å². The lowest BCUT2D eigenvalue weighted by Gasteiger charge is -2.31. The third-order valence-electron chi connectivity index (χ3n) is 6.98. The Kier molecular flexibility index (Phi) is 4.84. The average Bonchev–Trinajstić information content (AvgIpc) is 3.45. The largest absolute Gasteiger partial charge is 0.496 e. The van der Waals surface area contributed by atoms with Crippen LogP contribution in [0.5, 0.6) is 5.75 Å². The summed E-state index contributed by atoms with van der Waals surface area (Å²) in [6, 6.07) is 6.51. The van der Waals surface area contributed by atoms with Gasteiger partial charge in [0.2, 0.25) is 0 Å². The number of ether oxygens (including phenoxy) is 2. The van der Waals surface area contributed by atoms with Gasteiger partial charge in [0.05, 0.1) is 25.4 Å². The normalized spacial score (nSPS) is 31.0. The Hall–Kier alpha value is -1.96. The highest BCUT2D eigenvalue weighted by Gasteiger charge is 2.62. The van der Waals surface area contributed by atoms with E-state index in [4.69, 9.17) is 9.47 Å². The quantitative estimate of drug-likeness (QED) is 0.711. The van der Waals surface area contributed by atoms with Gasteiger partial charge in [-0.3, -0.25) is 4.90 Å². The number of benzene rings is 1. The van der Waals surface area contributed by atoms with Crippen molar-refractivity contribution in [2.24, 2.45) is 11.8 Å². The molecule has 0 amide bonds. The summed E-state index contributed by atoms with van der Waals surface area (Å²) >= 11 is 0. The third-order valence-corrected chi connectivity index (χ3v) is 6.98. The zero-order valence-corrected chi connectivity index (χ0v) is 17.6. The molecule has 0 unspecified atom stereocenters. The molecule has 0 aliphatic carbocycles. The minimum Gasteiger partial charge on any atom is -0.496 e. The highest BCUT2D eigenvalue weighted by molar-refractivity contribution is 5.37. The van der Waals surface area contributed by atoms with E-state index < -0.39 is 0 Å². The lowest BCUT2D eigenvalue weighted by Crippen LogP contribution is -2.40. The highest BCUT2D eigenvalue weighted by Crippen LogP contribution is 2.55. The van der Waals surface area contributed by atoms with Gasteiger partial charge in [-0.2, -0.15) is 5.10 Å². The van der Waals surface area contributed by atoms with E-state index in [1.54, 1.807) is 19.8 Å². The van der Waals surface area contributed by atoms with Gasteiger partial charge in [0.15, 0.2) is 0 Å². The smallest absolute Gasteiger partial charge is 0.137 e. The van der Waals surface area contributed by atoms with E-state index in [9.17, 15) is 0 Å². The van der Waals surface area contributed by atoms with Crippen molar-refractivity contribution in [3.05, 3.63) is 42.0 Å². The summed E-state index contributed by atoms with van der Waals surface area (Å²) in [4.78, 5) is 8.96. The van der Waals surface area contributed by atoms with Crippen LogP contribution in [0.1, 0.15) is 24.0 Å². The number of likely N-dealkylation sites (tertiary alicyclic amines) is 1. The summed E-state index contributed by atoms with van der Waals surface area (Å²) in [7, 11) is 6.08. The number of hydrogen-bond donors (Lipinski definition) is 0. The lowest BCUT2D eigenvalue weighted by molar-refractivity contribution is 0.00145. The second-order valence-electron chi connectivity index (χ2n) is 9.20. The molecule has 3 fully saturated rings. The maximum atomic E-state index is 6.59. The van der Waals surface area contributed by atoms with E-state index in [2.05, 4.69) is 52.2 Å². The molecule has 3 saturated heterocycles. The van der Waals surface area contributed by atoms with Crippen LogP contribution in [0.25, 0.3) is 0 Å². The fraction of sp³-hybridized carbons (Fsp3) is 0.636. The molecule has 5 rings (SSSR count). The van der Waals surface area contributed by atoms with Gasteiger partial charge in [-0.15, -0.1) is 0 Å². The first-order valence-corrected chi connectivity index (χ1v) is 10.6. The van der Waals surface area contributed by atoms with Crippen molar-refractivity contribution in [2.75, 3.05) is 40.8 Å². The van der Waals surface area contributed by atoms with Crippen LogP contribution in [0.2, 0.25) is 0 Å². The fourth-order valence-corrected chi connectivity index (χ4v) is 5.87. The summed E-state index contributed by atoms with van der Waals surface area (Å²) in [5.41, 5.74) is 2.55. The molecule has 4 heterocycles. The van der Waals surface area contributed by atoms with Crippen LogP contribution in [-0.4, -0.2) is 77.1 Å². The number of hydrogen-bond acceptors (Lipinski definition) is 6. The zero-order chi connectivity index (χ0) is 20.0. The van der Waals surface area contributed by atoms with Crippen LogP contribution in [-0.2, 0) is 17.8 Å². The second kappa shape index (κ2) is 7.38. The van der Waals surface area contributed by atoms with Crippen molar-refractivity contribution in [3.8, 4) is 5.75 Å².